The maximum Gasteiger partial charge on any atom is 0.224 e. The van der Waals surface area contributed by atoms with Gasteiger partial charge in [-0.2, -0.15) is 0 Å². The fourth-order valence-electron chi connectivity index (χ4n) is 1.87. The number of nitrogens with two attached hydrogens (primary N) is 1. The molecule has 0 aliphatic carbocycles. The third-order valence-corrected chi connectivity index (χ3v) is 3.32. The van der Waals surface area contributed by atoms with Gasteiger partial charge in [0.05, 0.1) is 0 Å². The van der Waals surface area contributed by atoms with Crippen molar-refractivity contribution < 1.29 is 13.6 Å². The van der Waals surface area contributed by atoms with Crippen molar-refractivity contribution in [2.75, 3.05) is 11.1 Å². The Morgan fingerprint density at radius 2 is 1.86 bits per heavy atom. The molecule has 0 radical (unpaired) electrons. The summed E-state index contributed by atoms with van der Waals surface area (Å²) in [4.78, 5) is 11.8. The Labute approximate surface area is 129 Å². The number of nitrogen functional groups attached to an aromatic ring is 1. The molecule has 110 valence electrons. The smallest absolute Gasteiger partial charge is 0.224 e. The molecule has 1 amide bonds. The van der Waals surface area contributed by atoms with E-state index in [0.29, 0.717) is 12.1 Å². The third kappa shape index (κ3) is 4.26. The molecule has 0 heterocycles. The van der Waals surface area contributed by atoms with Crippen molar-refractivity contribution in [1.82, 2.24) is 0 Å². The summed E-state index contributed by atoms with van der Waals surface area (Å²) in [7, 11) is 0. The molecular formula is C15H13BrF2N2O. The minimum absolute atomic E-state index is 0.110. The predicted molar refractivity (Wildman–Crippen MR) is 81.9 cm³/mol. The van der Waals surface area contributed by atoms with E-state index in [1.165, 1.54) is 0 Å². The Hall–Kier alpha value is -1.95. The van der Waals surface area contributed by atoms with Gasteiger partial charge in [0.15, 0.2) is 11.6 Å². The summed E-state index contributed by atoms with van der Waals surface area (Å²) in [6, 6.07) is 9.32. The lowest BCUT2D eigenvalue weighted by Gasteiger charge is -2.08. The maximum absolute atomic E-state index is 13.6. The fraction of sp³-hybridized carbons (Fsp3) is 0.133. The van der Waals surface area contributed by atoms with E-state index in [1.807, 2.05) is 6.07 Å². The summed E-state index contributed by atoms with van der Waals surface area (Å²) < 4.78 is 27.4. The number of nitrogens with one attached hydrogen (secondary N) is 1. The summed E-state index contributed by atoms with van der Waals surface area (Å²) in [6.45, 7) is 0. The first-order chi connectivity index (χ1) is 9.95. The van der Waals surface area contributed by atoms with Crippen molar-refractivity contribution in [3.63, 3.8) is 0 Å². The van der Waals surface area contributed by atoms with E-state index in [2.05, 4.69) is 21.2 Å². The van der Waals surface area contributed by atoms with Gasteiger partial charge in [0.2, 0.25) is 5.91 Å². The molecule has 0 aliphatic heterocycles. The van der Waals surface area contributed by atoms with Gasteiger partial charge in [0, 0.05) is 16.6 Å². The van der Waals surface area contributed by atoms with Crippen LogP contribution in [0.2, 0.25) is 0 Å². The molecular weight excluding hydrogens is 342 g/mol. The lowest BCUT2D eigenvalue weighted by atomic mass is 10.1. The molecule has 0 unspecified atom stereocenters. The van der Waals surface area contributed by atoms with Gasteiger partial charge in [-0.1, -0.05) is 28.1 Å². The van der Waals surface area contributed by atoms with Gasteiger partial charge < -0.3 is 11.1 Å². The highest BCUT2D eigenvalue weighted by Gasteiger charge is 2.13. The van der Waals surface area contributed by atoms with Gasteiger partial charge in [-0.3, -0.25) is 4.79 Å². The number of anilines is 2. The molecule has 0 aromatic heterocycles. The van der Waals surface area contributed by atoms with Gasteiger partial charge in [-0.05, 0) is 36.2 Å². The molecule has 0 bridgehead atoms. The van der Waals surface area contributed by atoms with Crippen LogP contribution in [0.3, 0.4) is 0 Å². The van der Waals surface area contributed by atoms with E-state index in [1.54, 1.807) is 18.2 Å². The zero-order valence-corrected chi connectivity index (χ0v) is 12.6. The van der Waals surface area contributed by atoms with Crippen molar-refractivity contribution in [2.24, 2.45) is 0 Å². The number of aryl methyl sites for hydroxylation is 1. The maximum atomic E-state index is 13.6. The number of benzene rings is 2. The second kappa shape index (κ2) is 6.67. The molecule has 2 aromatic rings. The first kappa shape index (κ1) is 15.4. The molecule has 0 saturated carbocycles. The highest BCUT2D eigenvalue weighted by molar-refractivity contribution is 9.10. The first-order valence-corrected chi connectivity index (χ1v) is 7.04. The molecule has 0 saturated heterocycles. The minimum Gasteiger partial charge on any atom is -0.399 e. The molecule has 3 nitrogen and oxygen atoms in total. The van der Waals surface area contributed by atoms with Crippen LogP contribution in [0.15, 0.2) is 40.9 Å². The van der Waals surface area contributed by atoms with E-state index >= 15 is 0 Å². The molecule has 6 heteroatoms. The average Bonchev–Trinajstić information content (AvgIpc) is 2.40. The topological polar surface area (TPSA) is 55.1 Å². The Bertz CT molecular complexity index is 653. The molecule has 0 aliphatic rings. The quantitative estimate of drug-likeness (QED) is 0.818. The Kier molecular flexibility index (Phi) is 4.90. The van der Waals surface area contributed by atoms with Crippen molar-refractivity contribution in [2.45, 2.75) is 12.8 Å². The van der Waals surface area contributed by atoms with Crippen LogP contribution in [0.25, 0.3) is 0 Å². The Morgan fingerprint density at radius 1 is 1.19 bits per heavy atom. The highest BCUT2D eigenvalue weighted by atomic mass is 79.9. The molecule has 0 atom stereocenters. The van der Waals surface area contributed by atoms with E-state index in [9.17, 15) is 13.6 Å². The third-order valence-electron chi connectivity index (χ3n) is 2.86. The van der Waals surface area contributed by atoms with Gasteiger partial charge in [0.25, 0.3) is 0 Å². The second-order valence-electron chi connectivity index (χ2n) is 4.54. The summed E-state index contributed by atoms with van der Waals surface area (Å²) in [5, 5.41) is 2.25. The van der Waals surface area contributed by atoms with Crippen molar-refractivity contribution in [1.29, 1.82) is 0 Å². The predicted octanol–water partition coefficient (Wildman–Crippen LogP) is 3.88. The van der Waals surface area contributed by atoms with Crippen LogP contribution in [0.4, 0.5) is 20.2 Å². The van der Waals surface area contributed by atoms with E-state index < -0.39 is 23.2 Å². The summed E-state index contributed by atoms with van der Waals surface area (Å²) in [5.41, 5.74) is 6.70. The van der Waals surface area contributed by atoms with Crippen LogP contribution < -0.4 is 11.1 Å². The second-order valence-corrected chi connectivity index (χ2v) is 5.45. The lowest BCUT2D eigenvalue weighted by molar-refractivity contribution is -0.116. The van der Waals surface area contributed by atoms with Gasteiger partial charge in [-0.25, -0.2) is 8.78 Å². The Balaban J connectivity index is 1.99. The summed E-state index contributed by atoms with van der Waals surface area (Å²) >= 11 is 2.98. The molecule has 0 fully saturated rings. The lowest BCUT2D eigenvalue weighted by Crippen LogP contribution is -2.14. The fourth-order valence-corrected chi connectivity index (χ4v) is 2.27. The van der Waals surface area contributed by atoms with E-state index in [4.69, 9.17) is 5.73 Å². The number of hydrogen-bond acceptors (Lipinski definition) is 2. The number of carbonyl (C=O) groups is 1. The first-order valence-electron chi connectivity index (χ1n) is 6.24. The zero-order valence-electron chi connectivity index (χ0n) is 11.0. The summed E-state index contributed by atoms with van der Waals surface area (Å²) in [5.74, 6) is -2.10. The largest absolute Gasteiger partial charge is 0.399 e. The Morgan fingerprint density at radius 3 is 2.48 bits per heavy atom. The summed E-state index contributed by atoms with van der Waals surface area (Å²) in [6.07, 6.45) is 0.551. The van der Waals surface area contributed by atoms with E-state index in [-0.39, 0.29) is 10.9 Å². The van der Waals surface area contributed by atoms with Crippen molar-refractivity contribution >= 4 is 33.2 Å². The van der Waals surface area contributed by atoms with Crippen LogP contribution in [0.1, 0.15) is 12.0 Å². The molecule has 21 heavy (non-hydrogen) atoms. The number of halogens is 3. The molecule has 2 rings (SSSR count). The standard InChI is InChI=1S/C15H13BrF2N2O/c16-10-7-12(17)15(13(18)8-10)20-14(21)5-4-9-2-1-3-11(19)6-9/h1-3,6-8H,4-5,19H2,(H,20,21). The van der Waals surface area contributed by atoms with Gasteiger partial charge >= 0.3 is 0 Å². The van der Waals surface area contributed by atoms with Gasteiger partial charge in [0.1, 0.15) is 5.69 Å². The van der Waals surface area contributed by atoms with Crippen LogP contribution in [-0.4, -0.2) is 5.91 Å². The normalized spacial score (nSPS) is 10.4. The molecule has 2 aromatic carbocycles. The zero-order chi connectivity index (χ0) is 15.4. The minimum atomic E-state index is -0.820. The average molecular weight is 355 g/mol. The monoisotopic (exact) mass is 354 g/mol. The number of carbonyl (C=O) groups excluding carboxylic acids is 1. The molecule has 0 spiro atoms. The van der Waals surface area contributed by atoms with Crippen LogP contribution in [0.5, 0.6) is 0 Å². The number of rotatable bonds is 4. The van der Waals surface area contributed by atoms with Crippen molar-refractivity contribution in [3.8, 4) is 0 Å². The number of amides is 1. The number of hydrogen-bond donors (Lipinski definition) is 2. The van der Waals surface area contributed by atoms with Crippen LogP contribution in [0, 0.1) is 11.6 Å². The SMILES string of the molecule is Nc1cccc(CCC(=O)Nc2c(F)cc(Br)cc2F)c1. The van der Waals surface area contributed by atoms with Gasteiger partial charge in [-0.15, -0.1) is 0 Å². The highest BCUT2D eigenvalue weighted by Crippen LogP contribution is 2.24. The van der Waals surface area contributed by atoms with Crippen LogP contribution >= 0.6 is 15.9 Å². The van der Waals surface area contributed by atoms with Crippen LogP contribution in [-0.2, 0) is 11.2 Å². The van der Waals surface area contributed by atoms with E-state index in [0.717, 1.165) is 17.7 Å². The van der Waals surface area contributed by atoms with Crippen molar-refractivity contribution in [3.05, 3.63) is 58.1 Å². The molecule has 3 N–H and O–H groups in total.